The van der Waals surface area contributed by atoms with E-state index in [-0.39, 0.29) is 24.7 Å². The molecule has 0 spiro atoms. The number of hydrogen-bond donors (Lipinski definition) is 1. The standard InChI is InChI=1S/C12H19N3O3/c1-9(2)18-11-7-14(6-10(11)16)12(17)8-15-5-3-4-13-15/h3-5,9-11,16H,6-8H2,1-2H3/t10-,11-/m0/s1. The number of amides is 1. The van der Waals surface area contributed by atoms with Crippen molar-refractivity contribution in [2.24, 2.45) is 0 Å². The molecule has 2 atom stereocenters. The molecule has 0 aromatic carbocycles. The highest BCUT2D eigenvalue weighted by Gasteiger charge is 2.35. The molecule has 6 nitrogen and oxygen atoms in total. The van der Waals surface area contributed by atoms with E-state index in [0.29, 0.717) is 13.1 Å². The molecule has 0 bridgehead atoms. The molecule has 6 heteroatoms. The monoisotopic (exact) mass is 253 g/mol. The number of aliphatic hydroxyl groups excluding tert-OH is 1. The van der Waals surface area contributed by atoms with Crippen LogP contribution in [0.1, 0.15) is 13.8 Å². The summed E-state index contributed by atoms with van der Waals surface area (Å²) in [6, 6.07) is 1.77. The molecule has 0 saturated carbocycles. The topological polar surface area (TPSA) is 67.6 Å². The zero-order valence-corrected chi connectivity index (χ0v) is 10.7. The van der Waals surface area contributed by atoms with E-state index in [9.17, 15) is 9.90 Å². The van der Waals surface area contributed by atoms with Crippen LogP contribution in [0, 0.1) is 0 Å². The number of hydrogen-bond acceptors (Lipinski definition) is 4. The fourth-order valence-corrected chi connectivity index (χ4v) is 2.08. The van der Waals surface area contributed by atoms with Crippen LogP contribution < -0.4 is 0 Å². The summed E-state index contributed by atoms with van der Waals surface area (Å²) >= 11 is 0. The van der Waals surface area contributed by atoms with Gasteiger partial charge in [-0.2, -0.15) is 5.10 Å². The van der Waals surface area contributed by atoms with Gasteiger partial charge < -0.3 is 14.7 Å². The van der Waals surface area contributed by atoms with Crippen molar-refractivity contribution in [3.8, 4) is 0 Å². The van der Waals surface area contributed by atoms with Crippen LogP contribution in [-0.4, -0.2) is 57.1 Å². The fourth-order valence-electron chi connectivity index (χ4n) is 2.08. The third kappa shape index (κ3) is 3.08. The Balaban J connectivity index is 1.89. The van der Waals surface area contributed by atoms with Gasteiger partial charge in [0, 0.05) is 25.5 Å². The third-order valence-electron chi connectivity index (χ3n) is 2.89. The Morgan fingerprint density at radius 1 is 1.56 bits per heavy atom. The van der Waals surface area contributed by atoms with Crippen molar-refractivity contribution in [1.82, 2.24) is 14.7 Å². The van der Waals surface area contributed by atoms with Crippen LogP contribution in [-0.2, 0) is 16.1 Å². The number of aromatic nitrogens is 2. The van der Waals surface area contributed by atoms with Crippen molar-refractivity contribution in [3.63, 3.8) is 0 Å². The molecule has 1 aromatic heterocycles. The molecule has 0 radical (unpaired) electrons. The van der Waals surface area contributed by atoms with Gasteiger partial charge in [-0.1, -0.05) is 0 Å². The molecular weight excluding hydrogens is 234 g/mol. The molecule has 18 heavy (non-hydrogen) atoms. The molecular formula is C12H19N3O3. The molecule has 2 rings (SSSR count). The quantitative estimate of drug-likeness (QED) is 0.812. The first-order chi connectivity index (χ1) is 8.56. The van der Waals surface area contributed by atoms with Gasteiger partial charge in [0.1, 0.15) is 12.6 Å². The van der Waals surface area contributed by atoms with Crippen molar-refractivity contribution in [1.29, 1.82) is 0 Å². The van der Waals surface area contributed by atoms with Crippen molar-refractivity contribution in [2.75, 3.05) is 13.1 Å². The van der Waals surface area contributed by atoms with E-state index < -0.39 is 6.10 Å². The molecule has 2 heterocycles. The Labute approximate surface area is 106 Å². The molecule has 0 aliphatic carbocycles. The normalized spacial score (nSPS) is 23.9. The van der Waals surface area contributed by atoms with E-state index >= 15 is 0 Å². The van der Waals surface area contributed by atoms with E-state index in [1.165, 1.54) is 0 Å². The Morgan fingerprint density at radius 3 is 2.94 bits per heavy atom. The number of β-amino-alcohol motifs (C(OH)–C–C–N with tert-alkyl or cyclic N) is 1. The number of likely N-dealkylation sites (tertiary alicyclic amines) is 1. The summed E-state index contributed by atoms with van der Waals surface area (Å²) in [5.74, 6) is -0.0485. The van der Waals surface area contributed by atoms with Gasteiger partial charge in [-0.15, -0.1) is 0 Å². The van der Waals surface area contributed by atoms with Gasteiger partial charge in [0.25, 0.3) is 0 Å². The predicted octanol–water partition coefficient (Wildman–Crippen LogP) is -0.120. The van der Waals surface area contributed by atoms with Gasteiger partial charge >= 0.3 is 0 Å². The summed E-state index contributed by atoms with van der Waals surface area (Å²) in [6.45, 7) is 4.81. The lowest BCUT2D eigenvalue weighted by atomic mass is 10.2. The molecule has 100 valence electrons. The van der Waals surface area contributed by atoms with Crippen LogP contribution >= 0.6 is 0 Å². The first kappa shape index (κ1) is 13.0. The molecule has 1 aliphatic heterocycles. The van der Waals surface area contributed by atoms with Crippen molar-refractivity contribution < 1.29 is 14.6 Å². The number of aliphatic hydroxyl groups is 1. The third-order valence-corrected chi connectivity index (χ3v) is 2.89. The Hall–Kier alpha value is -1.40. The van der Waals surface area contributed by atoms with E-state index in [4.69, 9.17) is 4.74 Å². The lowest BCUT2D eigenvalue weighted by molar-refractivity contribution is -0.131. The number of carbonyl (C=O) groups excluding carboxylic acids is 1. The maximum absolute atomic E-state index is 12.0. The Morgan fingerprint density at radius 2 is 2.33 bits per heavy atom. The molecule has 1 aliphatic rings. The van der Waals surface area contributed by atoms with Gasteiger partial charge in [0.2, 0.25) is 5.91 Å². The SMILES string of the molecule is CC(C)O[C@H]1CN(C(=O)Cn2cccn2)C[C@@H]1O. The summed E-state index contributed by atoms with van der Waals surface area (Å²) in [5.41, 5.74) is 0. The highest BCUT2D eigenvalue weighted by atomic mass is 16.5. The largest absolute Gasteiger partial charge is 0.388 e. The fraction of sp³-hybridized carbons (Fsp3) is 0.667. The number of nitrogens with zero attached hydrogens (tertiary/aromatic N) is 3. The van der Waals surface area contributed by atoms with Gasteiger partial charge in [0.15, 0.2) is 0 Å². The van der Waals surface area contributed by atoms with E-state index in [1.54, 1.807) is 28.0 Å². The molecule has 1 fully saturated rings. The first-order valence-corrected chi connectivity index (χ1v) is 6.15. The van der Waals surface area contributed by atoms with Gasteiger partial charge in [0.05, 0.1) is 12.2 Å². The zero-order chi connectivity index (χ0) is 13.1. The number of rotatable bonds is 4. The van der Waals surface area contributed by atoms with Gasteiger partial charge in [-0.3, -0.25) is 9.48 Å². The Kier molecular flexibility index (Phi) is 3.98. The van der Waals surface area contributed by atoms with Crippen molar-refractivity contribution >= 4 is 5.91 Å². The minimum atomic E-state index is -0.603. The Bertz CT molecular complexity index is 391. The molecule has 1 amide bonds. The van der Waals surface area contributed by atoms with Crippen LogP contribution in [0.4, 0.5) is 0 Å². The van der Waals surface area contributed by atoms with Crippen LogP contribution in [0.25, 0.3) is 0 Å². The molecule has 1 saturated heterocycles. The first-order valence-electron chi connectivity index (χ1n) is 6.15. The lowest BCUT2D eigenvalue weighted by Gasteiger charge is -2.18. The number of ether oxygens (including phenoxy) is 1. The van der Waals surface area contributed by atoms with Gasteiger partial charge in [-0.05, 0) is 19.9 Å². The van der Waals surface area contributed by atoms with Crippen molar-refractivity contribution in [3.05, 3.63) is 18.5 Å². The highest BCUT2D eigenvalue weighted by molar-refractivity contribution is 5.76. The number of carbonyl (C=O) groups is 1. The second kappa shape index (κ2) is 5.49. The summed E-state index contributed by atoms with van der Waals surface area (Å²) < 4.78 is 7.15. The highest BCUT2D eigenvalue weighted by Crippen LogP contribution is 2.15. The molecule has 1 N–H and O–H groups in total. The van der Waals surface area contributed by atoms with Crippen LogP contribution in [0.15, 0.2) is 18.5 Å². The van der Waals surface area contributed by atoms with E-state index in [1.807, 2.05) is 13.8 Å². The van der Waals surface area contributed by atoms with E-state index in [0.717, 1.165) is 0 Å². The smallest absolute Gasteiger partial charge is 0.244 e. The summed E-state index contributed by atoms with van der Waals surface area (Å²) in [5, 5.41) is 13.8. The van der Waals surface area contributed by atoms with Crippen LogP contribution in [0.5, 0.6) is 0 Å². The maximum atomic E-state index is 12.0. The van der Waals surface area contributed by atoms with Crippen LogP contribution in [0.2, 0.25) is 0 Å². The van der Waals surface area contributed by atoms with Crippen molar-refractivity contribution in [2.45, 2.75) is 38.7 Å². The summed E-state index contributed by atoms with van der Waals surface area (Å²) in [4.78, 5) is 13.6. The molecule has 0 unspecified atom stereocenters. The summed E-state index contributed by atoms with van der Waals surface area (Å²) in [6.07, 6.45) is 2.54. The van der Waals surface area contributed by atoms with E-state index in [2.05, 4.69) is 5.10 Å². The second-order valence-corrected chi connectivity index (χ2v) is 4.79. The second-order valence-electron chi connectivity index (χ2n) is 4.79. The average Bonchev–Trinajstić information content (AvgIpc) is 2.89. The minimum Gasteiger partial charge on any atom is -0.388 e. The molecule has 1 aromatic rings. The lowest BCUT2D eigenvalue weighted by Crippen LogP contribution is -2.33. The van der Waals surface area contributed by atoms with Gasteiger partial charge in [-0.25, -0.2) is 0 Å². The predicted molar refractivity (Wildman–Crippen MR) is 64.8 cm³/mol. The van der Waals surface area contributed by atoms with Crippen LogP contribution in [0.3, 0.4) is 0 Å². The summed E-state index contributed by atoms with van der Waals surface area (Å²) in [7, 11) is 0. The maximum Gasteiger partial charge on any atom is 0.244 e. The average molecular weight is 253 g/mol. The zero-order valence-electron chi connectivity index (χ0n) is 10.7. The minimum absolute atomic E-state index is 0.0471.